The first-order valence-corrected chi connectivity index (χ1v) is 21.8. The fraction of sp³-hybridized carbons (Fsp3) is 0.0164. The first-order chi connectivity index (χ1) is 31.3. The van der Waals surface area contributed by atoms with Gasteiger partial charge in [0.2, 0.25) is 0 Å². The van der Waals surface area contributed by atoms with E-state index < -0.39 is 5.41 Å². The smallest absolute Gasteiger partial charge is 0.0714 e. The van der Waals surface area contributed by atoms with Gasteiger partial charge >= 0.3 is 0 Å². The Morgan fingerprint density at radius 2 is 0.889 bits per heavy atom. The molecule has 1 aliphatic carbocycles. The third-order valence-corrected chi connectivity index (χ3v) is 13.1. The Kier molecular flexibility index (Phi) is 8.76. The molecule has 1 aliphatic rings. The minimum absolute atomic E-state index is 0.505. The predicted molar refractivity (Wildman–Crippen MR) is 264 cm³/mol. The zero-order chi connectivity index (χ0) is 41.7. The molecule has 0 atom stereocenters. The van der Waals surface area contributed by atoms with E-state index in [0.717, 1.165) is 33.9 Å². The van der Waals surface area contributed by atoms with Gasteiger partial charge in [0.05, 0.1) is 22.1 Å². The Labute approximate surface area is 368 Å². The van der Waals surface area contributed by atoms with Gasteiger partial charge in [-0.2, -0.15) is 0 Å². The van der Waals surface area contributed by atoms with Crippen LogP contribution in [-0.2, 0) is 5.41 Å². The molecule has 0 amide bonds. The fourth-order valence-corrected chi connectivity index (χ4v) is 10.4. The van der Waals surface area contributed by atoms with E-state index in [4.69, 9.17) is 0 Å². The van der Waals surface area contributed by atoms with E-state index in [2.05, 4.69) is 264 Å². The molecule has 0 bridgehead atoms. The van der Waals surface area contributed by atoms with Crippen LogP contribution in [0.3, 0.4) is 0 Å². The molecule has 0 spiro atoms. The molecule has 1 heterocycles. The van der Waals surface area contributed by atoms with Gasteiger partial charge < -0.3 is 9.47 Å². The summed E-state index contributed by atoms with van der Waals surface area (Å²) in [7, 11) is 0. The summed E-state index contributed by atoms with van der Waals surface area (Å²) in [5.74, 6) is 0. The summed E-state index contributed by atoms with van der Waals surface area (Å²) >= 11 is 0. The maximum Gasteiger partial charge on any atom is 0.0714 e. The Morgan fingerprint density at radius 1 is 0.317 bits per heavy atom. The molecule has 0 saturated heterocycles. The molecule has 0 fully saturated rings. The summed E-state index contributed by atoms with van der Waals surface area (Å²) in [6.07, 6.45) is 0. The van der Waals surface area contributed by atoms with E-state index in [9.17, 15) is 0 Å². The third kappa shape index (κ3) is 5.87. The van der Waals surface area contributed by atoms with Gasteiger partial charge in [-0.05, 0) is 117 Å². The van der Waals surface area contributed by atoms with E-state index in [0.29, 0.717) is 0 Å². The van der Waals surface area contributed by atoms with Crippen molar-refractivity contribution in [1.82, 2.24) is 4.57 Å². The lowest BCUT2D eigenvalue weighted by Crippen LogP contribution is -2.28. The maximum atomic E-state index is 2.46. The van der Waals surface area contributed by atoms with Crippen LogP contribution in [0.25, 0.3) is 60.9 Å². The van der Waals surface area contributed by atoms with Crippen molar-refractivity contribution in [2.24, 2.45) is 0 Å². The summed E-state index contributed by atoms with van der Waals surface area (Å²) in [6, 6.07) is 93.2. The Morgan fingerprint density at radius 3 is 1.65 bits per heavy atom. The van der Waals surface area contributed by atoms with Crippen molar-refractivity contribution in [3.8, 4) is 39.1 Å². The molecular weight excluding hydrogens is 761 g/mol. The van der Waals surface area contributed by atoms with Gasteiger partial charge in [0, 0.05) is 33.4 Å². The highest BCUT2D eigenvalue weighted by Crippen LogP contribution is 2.57. The molecule has 0 saturated carbocycles. The summed E-state index contributed by atoms with van der Waals surface area (Å²) in [5, 5.41) is 2.49. The predicted octanol–water partition coefficient (Wildman–Crippen LogP) is 16.0. The number of nitrogens with zero attached hydrogens (tertiary/aromatic N) is 2. The summed E-state index contributed by atoms with van der Waals surface area (Å²) < 4.78 is 2.38. The molecule has 0 unspecified atom stereocenters. The van der Waals surface area contributed by atoms with Crippen LogP contribution in [0, 0.1) is 0 Å². The Bertz CT molecular complexity index is 3400. The van der Waals surface area contributed by atoms with E-state index in [1.54, 1.807) is 0 Å². The highest BCUT2D eigenvalue weighted by atomic mass is 15.1. The molecule has 0 radical (unpaired) electrons. The number of fused-ring (bicyclic) bond motifs is 6. The summed E-state index contributed by atoms with van der Waals surface area (Å²) in [5.41, 5.74) is 18.7. The van der Waals surface area contributed by atoms with E-state index in [-0.39, 0.29) is 0 Å². The average molecular weight is 803 g/mol. The van der Waals surface area contributed by atoms with Crippen LogP contribution in [0.15, 0.2) is 255 Å². The van der Waals surface area contributed by atoms with Crippen molar-refractivity contribution in [2.75, 3.05) is 4.90 Å². The number of para-hydroxylation sites is 4. The highest BCUT2D eigenvalue weighted by molar-refractivity contribution is 6.10. The molecule has 12 rings (SSSR count). The first-order valence-electron chi connectivity index (χ1n) is 21.8. The number of hydrogen-bond acceptors (Lipinski definition) is 1. The van der Waals surface area contributed by atoms with Gasteiger partial charge in [0.25, 0.3) is 0 Å². The first kappa shape index (κ1) is 36.6. The van der Waals surface area contributed by atoms with Crippen LogP contribution in [0.1, 0.15) is 22.3 Å². The average Bonchev–Trinajstić information content (AvgIpc) is 3.85. The number of hydrogen-bond donors (Lipinski definition) is 0. The summed E-state index contributed by atoms with van der Waals surface area (Å²) in [6.45, 7) is 0. The Hall–Kier alpha value is -8.20. The minimum Gasteiger partial charge on any atom is -0.310 e. The van der Waals surface area contributed by atoms with Crippen LogP contribution in [0.5, 0.6) is 0 Å². The molecule has 1 aromatic heterocycles. The lowest BCUT2D eigenvalue weighted by atomic mass is 9.67. The van der Waals surface area contributed by atoms with Crippen molar-refractivity contribution in [2.45, 2.75) is 5.41 Å². The van der Waals surface area contributed by atoms with Gasteiger partial charge in [0.1, 0.15) is 0 Å². The third-order valence-electron chi connectivity index (χ3n) is 13.1. The fourth-order valence-electron chi connectivity index (χ4n) is 10.4. The SMILES string of the molecule is c1ccc(N(c2ccc3c(c2)C(c2ccccc2)(c2ccccc2)c2ccccc2-3)c2ccccc2-c2cccc(-c3ccc4c(c3)c3ccccc3n4-c3ccccc3)c2)cc1. The van der Waals surface area contributed by atoms with Crippen LogP contribution >= 0.6 is 0 Å². The number of rotatable bonds is 8. The summed E-state index contributed by atoms with van der Waals surface area (Å²) in [4.78, 5) is 2.44. The van der Waals surface area contributed by atoms with Gasteiger partial charge in [-0.3, -0.25) is 0 Å². The van der Waals surface area contributed by atoms with Crippen molar-refractivity contribution < 1.29 is 0 Å². The monoisotopic (exact) mass is 802 g/mol. The topological polar surface area (TPSA) is 8.17 Å². The molecule has 11 aromatic rings. The second kappa shape index (κ2) is 15.1. The van der Waals surface area contributed by atoms with E-state index >= 15 is 0 Å². The molecule has 0 aliphatic heterocycles. The quantitative estimate of drug-likeness (QED) is 0.149. The lowest BCUT2D eigenvalue weighted by Gasteiger charge is -2.35. The zero-order valence-corrected chi connectivity index (χ0v) is 34.6. The van der Waals surface area contributed by atoms with Crippen molar-refractivity contribution >= 4 is 38.9 Å². The van der Waals surface area contributed by atoms with Gasteiger partial charge in [-0.25, -0.2) is 0 Å². The second-order valence-electron chi connectivity index (χ2n) is 16.4. The largest absolute Gasteiger partial charge is 0.310 e. The number of aromatic nitrogens is 1. The Balaban J connectivity index is 1.02. The van der Waals surface area contributed by atoms with Gasteiger partial charge in [-0.15, -0.1) is 0 Å². The number of anilines is 3. The normalized spacial score (nSPS) is 12.6. The second-order valence-corrected chi connectivity index (χ2v) is 16.4. The van der Waals surface area contributed by atoms with Crippen molar-refractivity contribution in [3.63, 3.8) is 0 Å². The molecule has 296 valence electrons. The van der Waals surface area contributed by atoms with E-state index in [1.807, 2.05) is 0 Å². The zero-order valence-electron chi connectivity index (χ0n) is 34.6. The standard InChI is InChI=1S/C61H42N2/c1-5-22-46(23-6-1)61(47-24-7-2-8-25-47)56-33-16-13-31-52(56)53-38-37-50(42-57(53)61)62(48-26-9-3-10-27-48)58-34-17-14-30-51(58)45-21-19-20-43(40-45)44-36-39-60-55(41-44)54-32-15-18-35-59(54)63(60)49-28-11-4-12-29-49/h1-42H. The van der Waals surface area contributed by atoms with Gasteiger partial charge in [0.15, 0.2) is 0 Å². The minimum atomic E-state index is -0.505. The van der Waals surface area contributed by atoms with Crippen molar-refractivity contribution in [3.05, 3.63) is 277 Å². The number of benzene rings is 10. The molecule has 2 nitrogen and oxygen atoms in total. The maximum absolute atomic E-state index is 2.46. The molecule has 10 aromatic carbocycles. The van der Waals surface area contributed by atoms with E-state index in [1.165, 1.54) is 66.3 Å². The molecule has 0 N–H and O–H groups in total. The molecule has 2 heteroatoms. The van der Waals surface area contributed by atoms with Crippen molar-refractivity contribution in [1.29, 1.82) is 0 Å². The van der Waals surface area contributed by atoms with Crippen LogP contribution < -0.4 is 4.90 Å². The van der Waals surface area contributed by atoms with Crippen LogP contribution in [0.2, 0.25) is 0 Å². The van der Waals surface area contributed by atoms with Crippen LogP contribution in [-0.4, -0.2) is 4.57 Å². The molecular formula is C61H42N2. The highest BCUT2D eigenvalue weighted by Gasteiger charge is 2.46. The molecule has 63 heavy (non-hydrogen) atoms. The lowest BCUT2D eigenvalue weighted by molar-refractivity contribution is 0.768. The van der Waals surface area contributed by atoms with Crippen LogP contribution in [0.4, 0.5) is 17.1 Å². The van der Waals surface area contributed by atoms with Gasteiger partial charge in [-0.1, -0.05) is 188 Å².